The van der Waals surface area contributed by atoms with Crippen LogP contribution in [0.2, 0.25) is 0 Å². The Morgan fingerprint density at radius 3 is 1.38 bits per heavy atom. The Morgan fingerprint density at radius 2 is 0.794 bits per heavy atom. The third kappa shape index (κ3) is 6.42. The van der Waals surface area contributed by atoms with E-state index in [4.69, 9.17) is 9.31 Å². The average molecular weight is 880 g/mol. The van der Waals surface area contributed by atoms with Gasteiger partial charge in [-0.25, -0.2) is 0 Å². The number of rotatable bonds is 8. The van der Waals surface area contributed by atoms with Crippen molar-refractivity contribution in [1.82, 2.24) is 0 Å². The van der Waals surface area contributed by atoms with Gasteiger partial charge in [0, 0.05) is 22.5 Å². The van der Waals surface area contributed by atoms with Crippen LogP contribution in [0.1, 0.15) is 74.9 Å². The summed E-state index contributed by atoms with van der Waals surface area (Å²) >= 11 is 0. The van der Waals surface area contributed by atoms with E-state index in [1.54, 1.807) is 0 Å². The van der Waals surface area contributed by atoms with E-state index in [2.05, 4.69) is 265 Å². The van der Waals surface area contributed by atoms with Gasteiger partial charge in [0.15, 0.2) is 0 Å². The molecular weight excluding hydrogens is 826 g/mol. The van der Waals surface area contributed by atoms with E-state index in [1.165, 1.54) is 66.8 Å². The predicted octanol–water partition coefficient (Wildman–Crippen LogP) is 15.5. The molecule has 0 amide bonds. The number of benzene rings is 9. The van der Waals surface area contributed by atoms with Crippen molar-refractivity contribution in [2.45, 2.75) is 63.6 Å². The number of fused-ring (bicyclic) bond motifs is 6. The summed E-state index contributed by atoms with van der Waals surface area (Å²) in [4.78, 5) is 2.40. The molecule has 1 aliphatic heterocycles. The summed E-state index contributed by atoms with van der Waals surface area (Å²) in [5.41, 5.74) is 19.9. The van der Waals surface area contributed by atoms with Crippen LogP contribution in [0.5, 0.6) is 0 Å². The lowest BCUT2D eigenvalue weighted by Crippen LogP contribution is -2.41. The van der Waals surface area contributed by atoms with E-state index in [0.29, 0.717) is 0 Å². The number of nitrogens with zero attached hydrogens (tertiary/aromatic N) is 1. The van der Waals surface area contributed by atoms with Crippen LogP contribution in [0.4, 0.5) is 17.1 Å². The van der Waals surface area contributed by atoms with Crippen molar-refractivity contribution >= 4 is 29.6 Å². The average Bonchev–Trinajstić information content (AvgIpc) is 3.89. The molecule has 0 spiro atoms. The van der Waals surface area contributed by atoms with Crippen molar-refractivity contribution in [2.24, 2.45) is 0 Å². The van der Waals surface area contributed by atoms with Crippen LogP contribution in [-0.2, 0) is 20.1 Å². The maximum atomic E-state index is 6.99. The minimum Gasteiger partial charge on any atom is -0.399 e. The van der Waals surface area contributed by atoms with Gasteiger partial charge in [-0.3, -0.25) is 0 Å². The Balaban J connectivity index is 1.03. The summed E-state index contributed by atoms with van der Waals surface area (Å²) in [6.07, 6.45) is 0. The Hall–Kier alpha value is -7.24. The van der Waals surface area contributed by atoms with Crippen LogP contribution in [0.25, 0.3) is 44.5 Å². The molecule has 0 aromatic heterocycles. The second kappa shape index (κ2) is 15.7. The lowest BCUT2D eigenvalue weighted by atomic mass is 9.65. The minimum atomic E-state index is -0.591. The maximum absolute atomic E-state index is 6.99. The molecule has 9 aromatic carbocycles. The molecule has 0 N–H and O–H groups in total. The van der Waals surface area contributed by atoms with Gasteiger partial charge < -0.3 is 14.2 Å². The second-order valence-electron chi connectivity index (χ2n) is 20.3. The topological polar surface area (TPSA) is 21.7 Å². The van der Waals surface area contributed by atoms with Gasteiger partial charge in [-0.05, 0) is 154 Å². The Labute approximate surface area is 401 Å². The molecule has 9 aromatic rings. The van der Waals surface area contributed by atoms with Crippen LogP contribution in [-0.4, -0.2) is 18.3 Å². The number of anilines is 3. The highest BCUT2D eigenvalue weighted by atomic mass is 16.7. The van der Waals surface area contributed by atoms with Gasteiger partial charge in [-0.15, -0.1) is 0 Å². The van der Waals surface area contributed by atoms with Crippen molar-refractivity contribution < 1.29 is 9.31 Å². The Bertz CT molecular complexity index is 3300. The van der Waals surface area contributed by atoms with Crippen LogP contribution in [0, 0.1) is 0 Å². The smallest absolute Gasteiger partial charge is 0.399 e. The summed E-state index contributed by atoms with van der Waals surface area (Å²) < 4.78 is 14.0. The fourth-order valence-corrected chi connectivity index (χ4v) is 11.4. The molecule has 1 saturated heterocycles. The normalized spacial score (nSPS) is 16.4. The Kier molecular flexibility index (Phi) is 9.71. The molecule has 0 saturated carbocycles. The van der Waals surface area contributed by atoms with E-state index in [1.807, 2.05) is 0 Å². The first-order valence-corrected chi connectivity index (χ1v) is 24.0. The molecule has 0 unspecified atom stereocenters. The molecule has 68 heavy (non-hydrogen) atoms. The van der Waals surface area contributed by atoms with E-state index in [9.17, 15) is 0 Å². The first-order valence-electron chi connectivity index (χ1n) is 24.0. The maximum Gasteiger partial charge on any atom is 0.495 e. The Morgan fingerprint density at radius 1 is 0.338 bits per heavy atom. The van der Waals surface area contributed by atoms with Crippen molar-refractivity contribution in [3.8, 4) is 44.5 Å². The molecule has 0 atom stereocenters. The third-order valence-corrected chi connectivity index (χ3v) is 15.6. The molecule has 1 heterocycles. The fraction of sp³-hybridized carbons (Fsp3) is 0.156. The number of hydrogen-bond donors (Lipinski definition) is 0. The molecule has 0 radical (unpaired) electrons. The van der Waals surface area contributed by atoms with E-state index in [0.717, 1.165) is 33.7 Å². The van der Waals surface area contributed by atoms with Gasteiger partial charge in [0.25, 0.3) is 0 Å². The lowest BCUT2D eigenvalue weighted by Gasteiger charge is -2.34. The molecule has 2 aliphatic carbocycles. The highest BCUT2D eigenvalue weighted by molar-refractivity contribution is 6.64. The molecule has 3 aliphatic rings. The van der Waals surface area contributed by atoms with Gasteiger partial charge in [-0.2, -0.15) is 0 Å². The van der Waals surface area contributed by atoms with E-state index in [-0.39, 0.29) is 5.41 Å². The zero-order valence-corrected chi connectivity index (χ0v) is 39.6. The third-order valence-electron chi connectivity index (χ3n) is 15.6. The predicted molar refractivity (Wildman–Crippen MR) is 283 cm³/mol. The minimum absolute atomic E-state index is 0.136. The van der Waals surface area contributed by atoms with Gasteiger partial charge in [0.2, 0.25) is 0 Å². The fourth-order valence-electron chi connectivity index (χ4n) is 11.4. The van der Waals surface area contributed by atoms with Crippen LogP contribution in [0.3, 0.4) is 0 Å². The molecule has 3 nitrogen and oxygen atoms in total. The molecular formula is C64H54BNO2. The van der Waals surface area contributed by atoms with Crippen LogP contribution < -0.4 is 10.4 Å². The summed E-state index contributed by atoms with van der Waals surface area (Å²) in [5.74, 6) is 0. The zero-order valence-electron chi connectivity index (χ0n) is 39.6. The van der Waals surface area contributed by atoms with Crippen molar-refractivity contribution in [3.05, 3.63) is 252 Å². The summed E-state index contributed by atoms with van der Waals surface area (Å²) in [6.45, 7) is 13.3. The standard InChI is InChI=1S/C64H54BNO2/c1-61(2)56-28-18-16-26-51(56)53-39-38-50(40-58(53)61)66(48-34-30-44(31-35-48)43-20-10-7-11-21-43)49-36-32-45(33-37-49)54-41-55-52-27-17-19-29-57(52)64(46-22-12-8-13-23-46,47-24-14-9-15-25-47)59(55)42-60(54)65-67-62(3,4)63(5,6)68-65/h7-42H,1-6H3. The highest BCUT2D eigenvalue weighted by Gasteiger charge is 2.54. The SMILES string of the molecule is CC1(C)c2ccccc2-c2ccc(N(c3ccc(-c4ccccc4)cc3)c3ccc(-c4cc5c(cc4B4OC(C)(C)C(C)(C)O4)C(c4ccccc4)(c4ccccc4)c4ccccc4-5)cc3)cc21. The molecule has 4 heteroatoms. The first-order chi connectivity index (χ1) is 33.0. The van der Waals surface area contributed by atoms with Gasteiger partial charge in [0.05, 0.1) is 16.6 Å². The van der Waals surface area contributed by atoms with Crippen LogP contribution in [0.15, 0.2) is 218 Å². The van der Waals surface area contributed by atoms with Crippen LogP contribution >= 0.6 is 0 Å². The van der Waals surface area contributed by atoms with Crippen molar-refractivity contribution in [1.29, 1.82) is 0 Å². The second-order valence-corrected chi connectivity index (χ2v) is 20.3. The highest BCUT2D eigenvalue weighted by Crippen LogP contribution is 2.57. The monoisotopic (exact) mass is 879 g/mol. The summed E-state index contributed by atoms with van der Waals surface area (Å²) in [5, 5.41) is 0. The largest absolute Gasteiger partial charge is 0.495 e. The van der Waals surface area contributed by atoms with Gasteiger partial charge >= 0.3 is 7.12 Å². The summed E-state index contributed by atoms with van der Waals surface area (Å²) in [6, 6.07) is 80.4. The molecule has 1 fully saturated rings. The number of hydrogen-bond acceptors (Lipinski definition) is 3. The van der Waals surface area contributed by atoms with E-state index < -0.39 is 23.7 Å². The summed E-state index contributed by atoms with van der Waals surface area (Å²) in [7, 11) is -0.591. The molecule has 0 bridgehead atoms. The lowest BCUT2D eigenvalue weighted by molar-refractivity contribution is 0.00578. The molecule has 12 rings (SSSR count). The molecule has 330 valence electrons. The quantitative estimate of drug-likeness (QED) is 0.142. The van der Waals surface area contributed by atoms with Crippen molar-refractivity contribution in [3.63, 3.8) is 0 Å². The van der Waals surface area contributed by atoms with Gasteiger partial charge in [-0.1, -0.05) is 190 Å². The zero-order chi connectivity index (χ0) is 46.4. The first kappa shape index (κ1) is 42.1. The van der Waals surface area contributed by atoms with Gasteiger partial charge in [0.1, 0.15) is 0 Å². The van der Waals surface area contributed by atoms with E-state index >= 15 is 0 Å². The van der Waals surface area contributed by atoms with Crippen molar-refractivity contribution in [2.75, 3.05) is 4.90 Å².